The molecule has 0 bridgehead atoms. The van der Waals surface area contributed by atoms with E-state index >= 15 is 0 Å². The van der Waals surface area contributed by atoms with Crippen molar-refractivity contribution < 1.29 is 14.4 Å². The van der Waals surface area contributed by atoms with Crippen LogP contribution in [-0.2, 0) is 14.4 Å². The fourth-order valence-corrected chi connectivity index (χ4v) is 5.43. The molecule has 2 saturated heterocycles. The van der Waals surface area contributed by atoms with Crippen molar-refractivity contribution in [1.82, 2.24) is 9.80 Å². The van der Waals surface area contributed by atoms with E-state index < -0.39 is 0 Å². The first-order chi connectivity index (χ1) is 15.6. The summed E-state index contributed by atoms with van der Waals surface area (Å²) in [5, 5.41) is 5.92. The Labute approximate surface area is 202 Å². The van der Waals surface area contributed by atoms with E-state index in [9.17, 15) is 14.4 Å². The summed E-state index contributed by atoms with van der Waals surface area (Å²) in [6.07, 6.45) is 4.97. The standard InChI is InChI=1S/C25H37ClN4O3/c1-17(2)30-12-6-5-11-25(4,24(30)33)19-9-13-29(14-10-19)16-23(32)28-22-8-7-20(15-21(22)26)27-18(3)31/h7-8,15,17,19H,5-6,9-14,16H2,1-4H3,(H,27,31)(H,28,32)/t25-/m1/s1. The molecule has 3 rings (SSSR count). The molecule has 1 atom stereocenters. The lowest BCUT2D eigenvalue weighted by Crippen LogP contribution is -2.50. The van der Waals surface area contributed by atoms with Gasteiger partial charge in [0.05, 0.1) is 17.3 Å². The quantitative estimate of drug-likeness (QED) is 0.638. The second-order valence-electron chi connectivity index (χ2n) is 9.94. The van der Waals surface area contributed by atoms with Gasteiger partial charge in [-0.25, -0.2) is 0 Å². The molecule has 1 aromatic rings. The highest BCUT2D eigenvalue weighted by Gasteiger charge is 2.45. The van der Waals surface area contributed by atoms with Gasteiger partial charge in [-0.15, -0.1) is 0 Å². The van der Waals surface area contributed by atoms with Gasteiger partial charge in [0.1, 0.15) is 0 Å². The lowest BCUT2D eigenvalue weighted by atomic mass is 9.69. The zero-order valence-corrected chi connectivity index (χ0v) is 21.0. The Bertz CT molecular complexity index is 882. The Morgan fingerprint density at radius 3 is 2.45 bits per heavy atom. The first-order valence-corrected chi connectivity index (χ1v) is 12.4. The van der Waals surface area contributed by atoms with Crippen molar-refractivity contribution in [2.75, 3.05) is 36.8 Å². The number of carbonyl (C=O) groups excluding carboxylic acids is 3. The van der Waals surface area contributed by atoms with Crippen LogP contribution in [0.15, 0.2) is 18.2 Å². The van der Waals surface area contributed by atoms with E-state index in [1.54, 1.807) is 18.2 Å². The maximum absolute atomic E-state index is 13.4. The number of hydrogen-bond donors (Lipinski definition) is 2. The number of rotatable bonds is 6. The summed E-state index contributed by atoms with van der Waals surface area (Å²) >= 11 is 6.27. The highest BCUT2D eigenvalue weighted by molar-refractivity contribution is 6.34. The van der Waals surface area contributed by atoms with Gasteiger partial charge in [-0.1, -0.05) is 24.9 Å². The molecule has 0 spiro atoms. The summed E-state index contributed by atoms with van der Waals surface area (Å²) in [7, 11) is 0. The Morgan fingerprint density at radius 1 is 1.15 bits per heavy atom. The number of nitrogens with zero attached hydrogens (tertiary/aromatic N) is 2. The van der Waals surface area contributed by atoms with E-state index in [-0.39, 0.29) is 23.3 Å². The Morgan fingerprint density at radius 2 is 1.85 bits per heavy atom. The van der Waals surface area contributed by atoms with Crippen LogP contribution in [0.5, 0.6) is 0 Å². The van der Waals surface area contributed by atoms with Crippen LogP contribution in [0.1, 0.15) is 59.8 Å². The molecule has 33 heavy (non-hydrogen) atoms. The monoisotopic (exact) mass is 476 g/mol. The smallest absolute Gasteiger partial charge is 0.238 e. The summed E-state index contributed by atoms with van der Waals surface area (Å²) in [5.41, 5.74) is 0.805. The Balaban J connectivity index is 1.54. The average Bonchev–Trinajstić information content (AvgIpc) is 2.89. The highest BCUT2D eigenvalue weighted by Crippen LogP contribution is 2.43. The van der Waals surface area contributed by atoms with Crippen molar-refractivity contribution in [2.24, 2.45) is 11.3 Å². The molecule has 2 heterocycles. The topological polar surface area (TPSA) is 81.8 Å². The number of amides is 3. The molecule has 0 radical (unpaired) electrons. The fourth-order valence-electron chi connectivity index (χ4n) is 5.20. The number of likely N-dealkylation sites (tertiary alicyclic amines) is 2. The van der Waals surface area contributed by atoms with Crippen molar-refractivity contribution in [3.05, 3.63) is 23.2 Å². The molecule has 7 nitrogen and oxygen atoms in total. The number of carbonyl (C=O) groups is 3. The number of hydrogen-bond acceptors (Lipinski definition) is 4. The van der Waals surface area contributed by atoms with Crippen LogP contribution in [-0.4, -0.2) is 59.7 Å². The van der Waals surface area contributed by atoms with Crippen molar-refractivity contribution in [3.63, 3.8) is 0 Å². The van der Waals surface area contributed by atoms with E-state index in [2.05, 4.69) is 41.2 Å². The second kappa shape index (κ2) is 10.9. The minimum absolute atomic E-state index is 0.120. The predicted molar refractivity (Wildman–Crippen MR) is 132 cm³/mol. The first-order valence-electron chi connectivity index (χ1n) is 12.0. The molecule has 1 aromatic carbocycles. The maximum atomic E-state index is 13.4. The molecule has 0 saturated carbocycles. The SMILES string of the molecule is CC(=O)Nc1ccc(NC(=O)CN2CCC([C@@]3(C)CCCCN(C(C)C)C3=O)CC2)c(Cl)c1. The van der Waals surface area contributed by atoms with Gasteiger partial charge in [-0.2, -0.15) is 0 Å². The maximum Gasteiger partial charge on any atom is 0.238 e. The summed E-state index contributed by atoms with van der Waals surface area (Å²) in [5.74, 6) is 0.357. The average molecular weight is 477 g/mol. The van der Waals surface area contributed by atoms with Gasteiger partial charge in [-0.05, 0) is 76.7 Å². The predicted octanol–water partition coefficient (Wildman–Crippen LogP) is 4.38. The van der Waals surface area contributed by atoms with Crippen molar-refractivity contribution in [2.45, 2.75) is 65.8 Å². The molecule has 2 fully saturated rings. The largest absolute Gasteiger partial charge is 0.340 e. The van der Waals surface area contributed by atoms with Crippen LogP contribution >= 0.6 is 11.6 Å². The zero-order valence-electron chi connectivity index (χ0n) is 20.2. The van der Waals surface area contributed by atoms with Crippen LogP contribution in [0.2, 0.25) is 5.02 Å². The third-order valence-corrected chi connectivity index (χ3v) is 7.45. The number of halogens is 1. The van der Waals surface area contributed by atoms with Gasteiger partial charge in [0.2, 0.25) is 17.7 Å². The van der Waals surface area contributed by atoms with E-state index in [1.165, 1.54) is 6.92 Å². The summed E-state index contributed by atoms with van der Waals surface area (Å²) in [6, 6.07) is 5.25. The molecule has 0 aromatic heterocycles. The minimum atomic E-state index is -0.307. The van der Waals surface area contributed by atoms with Gasteiger partial charge < -0.3 is 15.5 Å². The molecule has 0 aliphatic carbocycles. The van der Waals surface area contributed by atoms with Crippen LogP contribution in [0.25, 0.3) is 0 Å². The van der Waals surface area contributed by atoms with E-state index in [0.29, 0.717) is 34.8 Å². The van der Waals surface area contributed by atoms with Gasteiger partial charge in [0, 0.05) is 30.6 Å². The molecule has 182 valence electrons. The van der Waals surface area contributed by atoms with Crippen LogP contribution in [0.3, 0.4) is 0 Å². The second-order valence-corrected chi connectivity index (χ2v) is 10.3. The van der Waals surface area contributed by atoms with Gasteiger partial charge in [0.15, 0.2) is 0 Å². The van der Waals surface area contributed by atoms with E-state index in [4.69, 9.17) is 11.6 Å². The van der Waals surface area contributed by atoms with Gasteiger partial charge in [0.25, 0.3) is 0 Å². The van der Waals surface area contributed by atoms with Gasteiger partial charge >= 0.3 is 0 Å². The summed E-state index contributed by atoms with van der Waals surface area (Å²) in [6.45, 7) is 10.6. The highest BCUT2D eigenvalue weighted by atomic mass is 35.5. The van der Waals surface area contributed by atoms with Crippen molar-refractivity contribution in [3.8, 4) is 0 Å². The molecule has 2 N–H and O–H groups in total. The lowest BCUT2D eigenvalue weighted by Gasteiger charge is -2.43. The van der Waals surface area contributed by atoms with Crippen LogP contribution in [0.4, 0.5) is 11.4 Å². The minimum Gasteiger partial charge on any atom is -0.340 e. The van der Waals surface area contributed by atoms with Crippen LogP contribution in [0, 0.1) is 11.3 Å². The fraction of sp³-hybridized carbons (Fsp3) is 0.640. The summed E-state index contributed by atoms with van der Waals surface area (Å²) in [4.78, 5) is 41.4. The van der Waals surface area contributed by atoms with Gasteiger partial charge in [-0.3, -0.25) is 19.3 Å². The Hall–Kier alpha value is -2.12. The normalized spacial score (nSPS) is 22.8. The number of benzene rings is 1. The lowest BCUT2D eigenvalue weighted by molar-refractivity contribution is -0.147. The molecule has 3 amide bonds. The molecule has 2 aliphatic heterocycles. The third kappa shape index (κ3) is 6.27. The molecule has 8 heteroatoms. The van der Waals surface area contributed by atoms with E-state index in [0.717, 1.165) is 51.7 Å². The Kier molecular flexibility index (Phi) is 8.40. The molecular weight excluding hydrogens is 440 g/mol. The first kappa shape index (κ1) is 25.5. The van der Waals surface area contributed by atoms with Crippen molar-refractivity contribution in [1.29, 1.82) is 0 Å². The zero-order chi connectivity index (χ0) is 24.2. The summed E-state index contributed by atoms with van der Waals surface area (Å²) < 4.78 is 0. The number of piperidine rings is 1. The van der Waals surface area contributed by atoms with Crippen LogP contribution < -0.4 is 10.6 Å². The molecule has 2 aliphatic rings. The van der Waals surface area contributed by atoms with Crippen molar-refractivity contribution >= 4 is 40.7 Å². The molecular formula is C25H37ClN4O3. The number of nitrogens with one attached hydrogen (secondary N) is 2. The van der Waals surface area contributed by atoms with E-state index in [1.807, 2.05) is 0 Å². The number of anilines is 2. The molecule has 0 unspecified atom stereocenters. The third-order valence-electron chi connectivity index (χ3n) is 7.14.